The molecule has 0 fully saturated rings. The van der Waals surface area contributed by atoms with E-state index >= 15 is 0 Å². The van der Waals surface area contributed by atoms with Crippen LogP contribution in [0, 0.1) is 0 Å². The fraction of sp³-hybridized carbons (Fsp3) is 0.375. The number of nitrogens with zero attached hydrogens (tertiary/aromatic N) is 1. The second-order valence-electron chi connectivity index (χ2n) is 2.34. The highest BCUT2D eigenvalue weighted by Gasteiger charge is 2.06. The van der Waals surface area contributed by atoms with Gasteiger partial charge in [0, 0.05) is 11.8 Å². The summed E-state index contributed by atoms with van der Waals surface area (Å²) in [5.41, 5.74) is -0.124. The van der Waals surface area contributed by atoms with Gasteiger partial charge in [0.25, 0.3) is 0 Å². The van der Waals surface area contributed by atoms with E-state index in [4.69, 9.17) is 5.11 Å². The van der Waals surface area contributed by atoms with E-state index in [1.54, 1.807) is 0 Å². The van der Waals surface area contributed by atoms with Gasteiger partial charge in [0.05, 0.1) is 6.54 Å². The van der Waals surface area contributed by atoms with Crippen molar-refractivity contribution < 1.29 is 19.5 Å². The number of aliphatic carboxylic acids is 1. The van der Waals surface area contributed by atoms with Crippen molar-refractivity contribution in [1.82, 2.24) is 5.32 Å². The van der Waals surface area contributed by atoms with E-state index in [0.29, 0.717) is 6.42 Å². The van der Waals surface area contributed by atoms with Gasteiger partial charge in [0.1, 0.15) is 0 Å². The molecule has 0 bridgehead atoms. The third-order valence-electron chi connectivity index (χ3n) is 1.14. The topological polar surface area (TPSA) is 88.0 Å². The van der Waals surface area contributed by atoms with E-state index in [-0.39, 0.29) is 12.1 Å². The van der Waals surface area contributed by atoms with Gasteiger partial charge in [-0.1, -0.05) is 18.7 Å². The van der Waals surface area contributed by atoms with Crippen molar-refractivity contribution in [1.29, 1.82) is 0 Å². The lowest BCUT2D eigenvalue weighted by molar-refractivity contribution is -0.132. The summed E-state index contributed by atoms with van der Waals surface area (Å²) in [6.45, 7) is 4.87. The first-order chi connectivity index (χ1) is 6.57. The molecule has 0 unspecified atom stereocenters. The molecular weight excluding hydrogens is 188 g/mol. The number of rotatable bonds is 5. The average Bonchev–Trinajstić information content (AvgIpc) is 2.14. The summed E-state index contributed by atoms with van der Waals surface area (Å²) >= 11 is 0. The van der Waals surface area contributed by atoms with Crippen molar-refractivity contribution in [2.75, 3.05) is 6.54 Å². The van der Waals surface area contributed by atoms with Crippen LogP contribution in [0.1, 0.15) is 13.3 Å². The summed E-state index contributed by atoms with van der Waals surface area (Å²) in [6, 6.07) is 0. The second-order valence-corrected chi connectivity index (χ2v) is 2.34. The Kier molecular flexibility index (Phi) is 5.77. The van der Waals surface area contributed by atoms with Gasteiger partial charge in [-0.3, -0.25) is 4.84 Å². The molecule has 78 valence electrons. The molecule has 0 aromatic rings. The minimum atomic E-state index is -1.16. The summed E-state index contributed by atoms with van der Waals surface area (Å²) in [5, 5.41) is 13.9. The highest BCUT2D eigenvalue weighted by molar-refractivity contribution is 5.87. The van der Waals surface area contributed by atoms with Crippen molar-refractivity contribution in [3.63, 3.8) is 0 Å². The van der Waals surface area contributed by atoms with Crippen molar-refractivity contribution >= 4 is 18.3 Å². The van der Waals surface area contributed by atoms with E-state index in [9.17, 15) is 9.59 Å². The first kappa shape index (κ1) is 12.2. The lowest BCUT2D eigenvalue weighted by Gasteiger charge is -2.01. The summed E-state index contributed by atoms with van der Waals surface area (Å²) in [5.74, 6) is -1.16. The second kappa shape index (κ2) is 6.64. The van der Waals surface area contributed by atoms with Gasteiger partial charge >= 0.3 is 12.1 Å². The maximum Gasteiger partial charge on any atom is 0.433 e. The quantitative estimate of drug-likeness (QED) is 0.296. The number of carbonyl (C=O) groups is 2. The van der Waals surface area contributed by atoms with Crippen LogP contribution >= 0.6 is 0 Å². The molecule has 0 atom stereocenters. The number of nitrogens with one attached hydrogen (secondary N) is 1. The van der Waals surface area contributed by atoms with E-state index in [1.807, 2.05) is 6.92 Å². The van der Waals surface area contributed by atoms with Crippen molar-refractivity contribution in [3.8, 4) is 0 Å². The molecule has 2 N–H and O–H groups in total. The Bertz CT molecular complexity index is 260. The first-order valence-electron chi connectivity index (χ1n) is 3.95. The van der Waals surface area contributed by atoms with Crippen LogP contribution in [0.25, 0.3) is 0 Å². The molecule has 0 aliphatic heterocycles. The van der Waals surface area contributed by atoms with Gasteiger partial charge in [-0.25, -0.2) is 9.59 Å². The molecule has 0 aliphatic rings. The molecule has 0 aromatic heterocycles. The van der Waals surface area contributed by atoms with Crippen molar-refractivity contribution in [3.05, 3.63) is 12.2 Å². The van der Waals surface area contributed by atoms with Crippen LogP contribution < -0.4 is 5.32 Å². The molecule has 14 heavy (non-hydrogen) atoms. The molecule has 0 aliphatic carbocycles. The Labute approximate surface area is 81.2 Å². The Balaban J connectivity index is 3.69. The molecule has 6 nitrogen and oxygen atoms in total. The van der Waals surface area contributed by atoms with Crippen LogP contribution in [0.15, 0.2) is 17.3 Å². The Morgan fingerprint density at radius 2 is 2.29 bits per heavy atom. The summed E-state index contributed by atoms with van der Waals surface area (Å²) < 4.78 is 0. The minimum absolute atomic E-state index is 0.124. The number of carbonyl (C=O) groups excluding carboxylic acids is 1. The van der Waals surface area contributed by atoms with E-state index in [1.165, 1.54) is 6.21 Å². The van der Waals surface area contributed by atoms with Gasteiger partial charge in [-0.05, 0) is 6.42 Å². The normalized spacial score (nSPS) is 9.79. The molecular formula is C8H12N2O4. The maximum absolute atomic E-state index is 10.8. The molecule has 6 heteroatoms. The van der Waals surface area contributed by atoms with Crippen LogP contribution in [-0.4, -0.2) is 29.9 Å². The monoisotopic (exact) mass is 200 g/mol. The zero-order valence-electron chi connectivity index (χ0n) is 7.82. The van der Waals surface area contributed by atoms with Gasteiger partial charge < -0.3 is 10.4 Å². The third-order valence-corrected chi connectivity index (χ3v) is 1.14. The minimum Gasteiger partial charge on any atom is -0.478 e. The molecule has 0 spiro atoms. The Hall–Kier alpha value is -1.85. The number of carboxylic acids is 1. The van der Waals surface area contributed by atoms with Gasteiger partial charge in [0.2, 0.25) is 0 Å². The van der Waals surface area contributed by atoms with E-state index in [2.05, 4.69) is 21.9 Å². The number of amides is 1. The zero-order chi connectivity index (χ0) is 11.0. The van der Waals surface area contributed by atoms with Crippen LogP contribution in [0.4, 0.5) is 4.79 Å². The highest BCUT2D eigenvalue weighted by atomic mass is 16.7. The first-order valence-corrected chi connectivity index (χ1v) is 3.95. The molecule has 0 rings (SSSR count). The number of hydrogen-bond acceptors (Lipinski definition) is 4. The number of carboxylic acid groups (broad SMARTS) is 1. The highest BCUT2D eigenvalue weighted by Crippen LogP contribution is 1.87. The van der Waals surface area contributed by atoms with E-state index < -0.39 is 12.1 Å². The fourth-order valence-corrected chi connectivity index (χ4v) is 0.446. The number of hydrogen-bond donors (Lipinski definition) is 2. The van der Waals surface area contributed by atoms with Crippen LogP contribution in [0.3, 0.4) is 0 Å². The average molecular weight is 200 g/mol. The summed E-state index contributed by atoms with van der Waals surface area (Å²) in [4.78, 5) is 25.3. The molecule has 0 radical (unpaired) electrons. The number of oxime groups is 1. The summed E-state index contributed by atoms with van der Waals surface area (Å²) in [6.07, 6.45) is 1.25. The fourth-order valence-electron chi connectivity index (χ4n) is 0.446. The standard InChI is InChI=1S/C8H12N2O4/c1-3-4-10-14-8(13)9-5-6(2)7(11)12/h4H,2-3,5H2,1H3,(H,9,13)(H,11,12)/b10-4+. The lowest BCUT2D eigenvalue weighted by atomic mass is 10.3. The van der Waals surface area contributed by atoms with Crippen molar-refractivity contribution in [2.24, 2.45) is 5.16 Å². The predicted octanol–water partition coefficient (Wildman–Crippen LogP) is 0.749. The molecule has 0 heterocycles. The predicted molar refractivity (Wildman–Crippen MR) is 50.0 cm³/mol. The molecule has 1 amide bonds. The molecule has 0 saturated heterocycles. The third kappa shape index (κ3) is 5.76. The summed E-state index contributed by atoms with van der Waals surface area (Å²) in [7, 11) is 0. The van der Waals surface area contributed by atoms with Crippen LogP contribution in [0.5, 0.6) is 0 Å². The Morgan fingerprint density at radius 3 is 2.79 bits per heavy atom. The van der Waals surface area contributed by atoms with Crippen LogP contribution in [-0.2, 0) is 9.63 Å². The molecule has 0 saturated carbocycles. The van der Waals surface area contributed by atoms with E-state index in [0.717, 1.165) is 0 Å². The van der Waals surface area contributed by atoms with Crippen molar-refractivity contribution in [2.45, 2.75) is 13.3 Å². The van der Waals surface area contributed by atoms with Gasteiger partial charge in [-0.2, -0.15) is 0 Å². The molecule has 0 aromatic carbocycles. The zero-order valence-corrected chi connectivity index (χ0v) is 7.82. The Morgan fingerprint density at radius 1 is 1.64 bits per heavy atom. The van der Waals surface area contributed by atoms with Gasteiger partial charge in [0.15, 0.2) is 0 Å². The van der Waals surface area contributed by atoms with Crippen LogP contribution in [0.2, 0.25) is 0 Å². The maximum atomic E-state index is 10.8. The SMILES string of the molecule is C=C(CNC(=O)O/N=C/CC)C(=O)O. The van der Waals surface area contributed by atoms with Gasteiger partial charge in [-0.15, -0.1) is 0 Å². The lowest BCUT2D eigenvalue weighted by Crippen LogP contribution is -2.26. The smallest absolute Gasteiger partial charge is 0.433 e. The largest absolute Gasteiger partial charge is 0.478 e.